The number of likely N-dealkylation sites (tertiary alicyclic amines) is 1. The van der Waals surface area contributed by atoms with E-state index < -0.39 is 0 Å². The summed E-state index contributed by atoms with van der Waals surface area (Å²) in [5, 5.41) is 12.8. The van der Waals surface area contributed by atoms with Gasteiger partial charge in [-0.3, -0.25) is 4.79 Å². The summed E-state index contributed by atoms with van der Waals surface area (Å²) in [5.41, 5.74) is 0. The lowest BCUT2D eigenvalue weighted by Crippen LogP contribution is -2.44. The molecule has 2 fully saturated rings. The van der Waals surface area contributed by atoms with E-state index in [1.54, 1.807) is 0 Å². The molecule has 0 radical (unpaired) electrons. The van der Waals surface area contributed by atoms with Gasteiger partial charge in [0.15, 0.2) is 0 Å². The Labute approximate surface area is 90.6 Å². The Morgan fingerprint density at radius 1 is 1.40 bits per heavy atom. The molecule has 1 amide bonds. The van der Waals surface area contributed by atoms with Gasteiger partial charge in [-0.1, -0.05) is 0 Å². The number of nitrogens with one attached hydrogen (secondary N) is 1. The summed E-state index contributed by atoms with van der Waals surface area (Å²) in [6, 6.07) is 0.372. The van der Waals surface area contributed by atoms with Crippen LogP contribution in [0, 0.1) is 0 Å². The SMILES string of the molecule is O=C(CC1CCCN1)N1CCCC(O)C1. The highest BCUT2D eigenvalue weighted by Gasteiger charge is 2.25. The molecule has 0 aromatic carbocycles. The van der Waals surface area contributed by atoms with Crippen molar-refractivity contribution in [3.05, 3.63) is 0 Å². The maximum absolute atomic E-state index is 11.9. The first-order valence-corrected chi connectivity index (χ1v) is 5.95. The molecule has 4 heteroatoms. The van der Waals surface area contributed by atoms with Gasteiger partial charge in [0.1, 0.15) is 0 Å². The van der Waals surface area contributed by atoms with Gasteiger partial charge in [-0.15, -0.1) is 0 Å². The van der Waals surface area contributed by atoms with Crippen LogP contribution >= 0.6 is 0 Å². The molecule has 2 aliphatic heterocycles. The quantitative estimate of drug-likeness (QED) is 0.683. The molecule has 2 N–H and O–H groups in total. The molecule has 4 nitrogen and oxygen atoms in total. The van der Waals surface area contributed by atoms with E-state index in [0.29, 0.717) is 19.0 Å². The second kappa shape index (κ2) is 4.94. The predicted octanol–water partition coefficient (Wildman–Crippen LogP) is 0.112. The van der Waals surface area contributed by atoms with E-state index in [-0.39, 0.29) is 12.0 Å². The highest BCUT2D eigenvalue weighted by atomic mass is 16.3. The third-order valence-electron chi connectivity index (χ3n) is 3.33. The molecule has 0 aliphatic carbocycles. The number of carbonyl (C=O) groups is 1. The number of β-amino-alcohol motifs (C(OH)–C–C–N with tert-alkyl or cyclic N) is 1. The third kappa shape index (κ3) is 2.92. The Morgan fingerprint density at radius 2 is 2.27 bits per heavy atom. The summed E-state index contributed by atoms with van der Waals surface area (Å²) in [6.45, 7) is 2.40. The highest BCUT2D eigenvalue weighted by molar-refractivity contribution is 5.77. The van der Waals surface area contributed by atoms with Gasteiger partial charge >= 0.3 is 0 Å². The number of hydrogen-bond donors (Lipinski definition) is 2. The number of rotatable bonds is 2. The molecule has 2 atom stereocenters. The van der Waals surface area contributed by atoms with Crippen LogP contribution in [0.5, 0.6) is 0 Å². The molecular formula is C11H20N2O2. The maximum Gasteiger partial charge on any atom is 0.224 e. The normalized spacial score (nSPS) is 31.9. The summed E-state index contributed by atoms with van der Waals surface area (Å²) in [6.07, 6.45) is 4.37. The Hall–Kier alpha value is -0.610. The van der Waals surface area contributed by atoms with Crippen molar-refractivity contribution in [1.82, 2.24) is 10.2 Å². The number of carbonyl (C=O) groups excluding carboxylic acids is 1. The zero-order chi connectivity index (χ0) is 10.7. The average Bonchev–Trinajstić information content (AvgIpc) is 2.70. The minimum Gasteiger partial charge on any atom is -0.391 e. The molecule has 0 aromatic rings. The molecule has 2 unspecified atom stereocenters. The molecule has 2 aliphatic rings. The van der Waals surface area contributed by atoms with Crippen molar-refractivity contribution in [3.8, 4) is 0 Å². The van der Waals surface area contributed by atoms with Gasteiger partial charge in [0.05, 0.1) is 6.10 Å². The molecule has 86 valence electrons. The predicted molar refractivity (Wildman–Crippen MR) is 57.5 cm³/mol. The van der Waals surface area contributed by atoms with Crippen LogP contribution in [-0.4, -0.2) is 47.7 Å². The standard InChI is InChI=1S/C11H20N2O2/c14-10-4-2-6-13(8-10)11(15)7-9-3-1-5-12-9/h9-10,12,14H,1-8H2. The van der Waals surface area contributed by atoms with E-state index in [0.717, 1.165) is 32.4 Å². The van der Waals surface area contributed by atoms with Crippen molar-refractivity contribution in [2.75, 3.05) is 19.6 Å². The molecular weight excluding hydrogens is 192 g/mol. The van der Waals surface area contributed by atoms with Gasteiger partial charge in [-0.2, -0.15) is 0 Å². The van der Waals surface area contributed by atoms with Crippen LogP contribution in [0.1, 0.15) is 32.1 Å². The Balaban J connectivity index is 1.78. The van der Waals surface area contributed by atoms with Gasteiger partial charge in [-0.05, 0) is 32.2 Å². The van der Waals surface area contributed by atoms with E-state index >= 15 is 0 Å². The fraction of sp³-hybridized carbons (Fsp3) is 0.909. The second-order valence-electron chi connectivity index (χ2n) is 4.63. The van der Waals surface area contributed by atoms with E-state index in [2.05, 4.69) is 5.32 Å². The van der Waals surface area contributed by atoms with E-state index in [1.807, 2.05) is 4.90 Å². The zero-order valence-corrected chi connectivity index (χ0v) is 9.11. The molecule has 0 spiro atoms. The van der Waals surface area contributed by atoms with Gasteiger partial charge < -0.3 is 15.3 Å². The lowest BCUT2D eigenvalue weighted by molar-refractivity contribution is -0.134. The van der Waals surface area contributed by atoms with Gasteiger partial charge in [0.2, 0.25) is 5.91 Å². The highest BCUT2D eigenvalue weighted by Crippen LogP contribution is 2.14. The lowest BCUT2D eigenvalue weighted by Gasteiger charge is -2.30. The van der Waals surface area contributed by atoms with Crippen LogP contribution in [0.25, 0.3) is 0 Å². The largest absolute Gasteiger partial charge is 0.391 e. The summed E-state index contributed by atoms with van der Waals surface area (Å²) < 4.78 is 0. The van der Waals surface area contributed by atoms with E-state index in [4.69, 9.17) is 0 Å². The number of piperidine rings is 1. The number of amides is 1. The number of aliphatic hydroxyl groups excluding tert-OH is 1. The summed E-state index contributed by atoms with van der Waals surface area (Å²) in [5.74, 6) is 0.202. The van der Waals surface area contributed by atoms with Crippen molar-refractivity contribution >= 4 is 5.91 Å². The lowest BCUT2D eigenvalue weighted by atomic mass is 10.1. The van der Waals surface area contributed by atoms with Crippen molar-refractivity contribution < 1.29 is 9.90 Å². The monoisotopic (exact) mass is 212 g/mol. The molecule has 2 heterocycles. The van der Waals surface area contributed by atoms with Crippen molar-refractivity contribution in [2.24, 2.45) is 0 Å². The first-order valence-electron chi connectivity index (χ1n) is 5.95. The van der Waals surface area contributed by atoms with Crippen molar-refractivity contribution in [2.45, 2.75) is 44.2 Å². The minimum atomic E-state index is -0.306. The molecule has 0 saturated carbocycles. The van der Waals surface area contributed by atoms with Gasteiger partial charge in [0.25, 0.3) is 0 Å². The van der Waals surface area contributed by atoms with Gasteiger partial charge in [0, 0.05) is 25.6 Å². The summed E-state index contributed by atoms with van der Waals surface area (Å²) in [4.78, 5) is 13.7. The fourth-order valence-corrected chi connectivity index (χ4v) is 2.45. The second-order valence-corrected chi connectivity index (χ2v) is 4.63. The third-order valence-corrected chi connectivity index (χ3v) is 3.33. The molecule has 2 saturated heterocycles. The van der Waals surface area contributed by atoms with E-state index in [9.17, 15) is 9.90 Å². The maximum atomic E-state index is 11.9. The Bertz CT molecular complexity index is 227. The van der Waals surface area contributed by atoms with Gasteiger partial charge in [-0.25, -0.2) is 0 Å². The molecule has 0 bridgehead atoms. The smallest absolute Gasteiger partial charge is 0.224 e. The van der Waals surface area contributed by atoms with Crippen LogP contribution in [0.15, 0.2) is 0 Å². The molecule has 15 heavy (non-hydrogen) atoms. The van der Waals surface area contributed by atoms with E-state index in [1.165, 1.54) is 6.42 Å². The van der Waals surface area contributed by atoms with Crippen LogP contribution in [0.3, 0.4) is 0 Å². The Morgan fingerprint density at radius 3 is 2.93 bits per heavy atom. The van der Waals surface area contributed by atoms with Crippen LogP contribution in [0.2, 0.25) is 0 Å². The van der Waals surface area contributed by atoms with Crippen molar-refractivity contribution in [1.29, 1.82) is 0 Å². The van der Waals surface area contributed by atoms with Crippen LogP contribution in [0.4, 0.5) is 0 Å². The first-order chi connectivity index (χ1) is 7.25. The summed E-state index contributed by atoms with van der Waals surface area (Å²) in [7, 11) is 0. The number of nitrogens with zero attached hydrogens (tertiary/aromatic N) is 1. The molecule has 0 aromatic heterocycles. The first kappa shape index (κ1) is 10.9. The Kier molecular flexibility index (Phi) is 3.59. The number of hydrogen-bond acceptors (Lipinski definition) is 3. The average molecular weight is 212 g/mol. The van der Waals surface area contributed by atoms with Crippen LogP contribution < -0.4 is 5.32 Å². The van der Waals surface area contributed by atoms with Crippen LogP contribution in [-0.2, 0) is 4.79 Å². The van der Waals surface area contributed by atoms with Crippen molar-refractivity contribution in [3.63, 3.8) is 0 Å². The molecule has 2 rings (SSSR count). The fourth-order valence-electron chi connectivity index (χ4n) is 2.45. The summed E-state index contributed by atoms with van der Waals surface area (Å²) >= 11 is 0. The zero-order valence-electron chi connectivity index (χ0n) is 9.11. The minimum absolute atomic E-state index is 0.202. The topological polar surface area (TPSA) is 52.6 Å². The number of aliphatic hydroxyl groups is 1.